The van der Waals surface area contributed by atoms with Crippen LogP contribution in [0.2, 0.25) is 0 Å². The predicted molar refractivity (Wildman–Crippen MR) is 86.4 cm³/mol. The molecule has 2 aliphatic heterocycles. The molecule has 0 N–H and O–H groups in total. The lowest BCUT2D eigenvalue weighted by molar-refractivity contribution is -0.132. The number of carbonyl (C=O) groups excluding carboxylic acids is 2. The van der Waals surface area contributed by atoms with E-state index in [1.165, 1.54) is 44.9 Å². The molecule has 3 aliphatic rings. The van der Waals surface area contributed by atoms with E-state index in [0.717, 1.165) is 39.0 Å². The number of carbonyl (C=O) groups is 2. The molecule has 3 fully saturated rings. The van der Waals surface area contributed by atoms with Crippen molar-refractivity contribution < 1.29 is 9.59 Å². The number of hydrogen-bond acceptors (Lipinski definition) is 2. The summed E-state index contributed by atoms with van der Waals surface area (Å²) in [5.41, 5.74) is 0.442. The minimum atomic E-state index is 0.269. The van der Waals surface area contributed by atoms with Gasteiger partial charge in [0, 0.05) is 39.0 Å². The van der Waals surface area contributed by atoms with Crippen molar-refractivity contribution >= 4 is 11.8 Å². The van der Waals surface area contributed by atoms with Crippen LogP contribution < -0.4 is 0 Å². The molecular weight excluding hydrogens is 276 g/mol. The molecule has 4 heteroatoms. The summed E-state index contributed by atoms with van der Waals surface area (Å²) in [6.45, 7) is 3.61. The average Bonchev–Trinajstić information content (AvgIpc) is 3.02. The molecule has 0 aromatic rings. The van der Waals surface area contributed by atoms with E-state index < -0.39 is 0 Å². The largest absolute Gasteiger partial charge is 0.343 e. The van der Waals surface area contributed by atoms with Crippen molar-refractivity contribution in [2.24, 2.45) is 5.41 Å². The average molecular weight is 306 g/mol. The molecule has 1 saturated carbocycles. The molecule has 0 bridgehead atoms. The quantitative estimate of drug-likeness (QED) is 0.801. The molecule has 2 heterocycles. The van der Waals surface area contributed by atoms with Gasteiger partial charge in [0.05, 0.1) is 0 Å². The first-order valence-corrected chi connectivity index (χ1v) is 9.24. The Morgan fingerprint density at radius 1 is 1.00 bits per heavy atom. The molecule has 2 saturated heterocycles. The van der Waals surface area contributed by atoms with E-state index in [4.69, 9.17) is 0 Å². The molecule has 0 unspecified atom stereocenters. The van der Waals surface area contributed by atoms with Crippen LogP contribution in [0.25, 0.3) is 0 Å². The van der Waals surface area contributed by atoms with Crippen LogP contribution in [0.4, 0.5) is 0 Å². The highest BCUT2D eigenvalue weighted by Gasteiger charge is 2.39. The van der Waals surface area contributed by atoms with Crippen molar-refractivity contribution in [2.75, 3.05) is 26.2 Å². The summed E-state index contributed by atoms with van der Waals surface area (Å²) in [6, 6.07) is 0. The molecule has 0 aromatic heterocycles. The topological polar surface area (TPSA) is 40.6 Å². The van der Waals surface area contributed by atoms with Gasteiger partial charge < -0.3 is 9.80 Å². The highest BCUT2D eigenvalue weighted by molar-refractivity contribution is 5.78. The molecule has 0 radical (unpaired) electrons. The third-order valence-electron chi connectivity index (χ3n) is 5.95. The number of likely N-dealkylation sites (tertiary alicyclic amines) is 2. The van der Waals surface area contributed by atoms with Crippen molar-refractivity contribution in [3.8, 4) is 0 Å². The van der Waals surface area contributed by atoms with E-state index in [1.807, 2.05) is 4.90 Å². The number of rotatable bonds is 4. The normalized spacial score (nSPS) is 25.0. The Kier molecular flexibility index (Phi) is 5.04. The minimum Gasteiger partial charge on any atom is -0.343 e. The maximum Gasteiger partial charge on any atom is 0.222 e. The van der Waals surface area contributed by atoms with Gasteiger partial charge in [-0.15, -0.1) is 0 Å². The van der Waals surface area contributed by atoms with Gasteiger partial charge in [-0.25, -0.2) is 0 Å². The van der Waals surface area contributed by atoms with Crippen LogP contribution in [0.1, 0.15) is 70.6 Å². The van der Waals surface area contributed by atoms with Crippen LogP contribution >= 0.6 is 0 Å². The smallest absolute Gasteiger partial charge is 0.222 e. The van der Waals surface area contributed by atoms with Gasteiger partial charge in [-0.2, -0.15) is 0 Å². The first kappa shape index (κ1) is 15.8. The van der Waals surface area contributed by atoms with Crippen LogP contribution in [-0.4, -0.2) is 47.8 Å². The van der Waals surface area contributed by atoms with E-state index in [0.29, 0.717) is 24.2 Å². The Labute approximate surface area is 134 Å². The number of hydrogen-bond donors (Lipinski definition) is 0. The van der Waals surface area contributed by atoms with Crippen LogP contribution in [0.5, 0.6) is 0 Å². The molecule has 2 amide bonds. The number of nitrogens with zero attached hydrogens (tertiary/aromatic N) is 2. The SMILES string of the molecule is O=C1CCCN1CCCC(=O)N1CCC2(CCCCCC2)C1. The van der Waals surface area contributed by atoms with Crippen molar-refractivity contribution in [2.45, 2.75) is 70.6 Å². The summed E-state index contributed by atoms with van der Waals surface area (Å²) in [4.78, 5) is 28.0. The molecule has 0 atom stereocenters. The lowest BCUT2D eigenvalue weighted by Gasteiger charge is -2.28. The molecule has 3 rings (SSSR count). The summed E-state index contributed by atoms with van der Waals surface area (Å²) in [7, 11) is 0. The van der Waals surface area contributed by atoms with Crippen molar-refractivity contribution in [3.05, 3.63) is 0 Å². The van der Waals surface area contributed by atoms with Crippen LogP contribution in [0.3, 0.4) is 0 Å². The van der Waals surface area contributed by atoms with Crippen LogP contribution in [-0.2, 0) is 9.59 Å². The second-order valence-electron chi connectivity index (χ2n) is 7.57. The molecule has 124 valence electrons. The van der Waals surface area contributed by atoms with Gasteiger partial charge in [-0.1, -0.05) is 25.7 Å². The van der Waals surface area contributed by atoms with Crippen LogP contribution in [0, 0.1) is 5.41 Å². The summed E-state index contributed by atoms with van der Waals surface area (Å²) < 4.78 is 0. The van der Waals surface area contributed by atoms with E-state index in [1.54, 1.807) is 0 Å². The lowest BCUT2D eigenvalue weighted by atomic mass is 9.80. The maximum absolute atomic E-state index is 12.4. The predicted octanol–water partition coefficient (Wildman–Crippen LogP) is 2.96. The highest BCUT2D eigenvalue weighted by atomic mass is 16.2. The van der Waals surface area contributed by atoms with Gasteiger partial charge in [0.15, 0.2) is 0 Å². The standard InChI is InChI=1S/C18H30N2O2/c21-16-7-5-12-19(16)13-6-8-17(22)20-14-11-18(15-20)9-3-1-2-4-10-18/h1-15H2. The van der Waals surface area contributed by atoms with Gasteiger partial charge in [0.2, 0.25) is 11.8 Å². The summed E-state index contributed by atoms with van der Waals surface area (Å²) >= 11 is 0. The Balaban J connectivity index is 1.42. The molecule has 0 aromatic carbocycles. The van der Waals surface area contributed by atoms with Gasteiger partial charge in [-0.3, -0.25) is 9.59 Å². The Morgan fingerprint density at radius 3 is 2.45 bits per heavy atom. The van der Waals surface area contributed by atoms with Gasteiger partial charge in [0.1, 0.15) is 0 Å². The first-order chi connectivity index (χ1) is 10.7. The Morgan fingerprint density at radius 2 is 1.77 bits per heavy atom. The van der Waals surface area contributed by atoms with Crippen molar-refractivity contribution in [3.63, 3.8) is 0 Å². The third kappa shape index (κ3) is 3.64. The van der Waals surface area contributed by atoms with Crippen LogP contribution in [0.15, 0.2) is 0 Å². The van der Waals surface area contributed by atoms with Crippen molar-refractivity contribution in [1.29, 1.82) is 0 Å². The Hall–Kier alpha value is -1.06. The molecule has 1 spiro atoms. The fraction of sp³-hybridized carbons (Fsp3) is 0.889. The minimum absolute atomic E-state index is 0.269. The summed E-state index contributed by atoms with van der Waals surface area (Å²) in [5.74, 6) is 0.582. The fourth-order valence-electron chi connectivity index (χ4n) is 4.55. The molecule has 4 nitrogen and oxygen atoms in total. The van der Waals surface area contributed by atoms with E-state index in [-0.39, 0.29) is 5.91 Å². The second-order valence-corrected chi connectivity index (χ2v) is 7.57. The highest BCUT2D eigenvalue weighted by Crippen LogP contribution is 2.42. The zero-order valence-corrected chi connectivity index (χ0v) is 13.8. The fourth-order valence-corrected chi connectivity index (χ4v) is 4.55. The monoisotopic (exact) mass is 306 g/mol. The molecule has 1 aliphatic carbocycles. The van der Waals surface area contributed by atoms with Gasteiger partial charge in [0.25, 0.3) is 0 Å². The van der Waals surface area contributed by atoms with Gasteiger partial charge >= 0.3 is 0 Å². The number of amides is 2. The lowest BCUT2D eigenvalue weighted by Crippen LogP contribution is -2.33. The zero-order valence-electron chi connectivity index (χ0n) is 13.8. The Bertz CT molecular complexity index is 413. The van der Waals surface area contributed by atoms with E-state index in [9.17, 15) is 9.59 Å². The summed E-state index contributed by atoms with van der Waals surface area (Å²) in [5, 5.41) is 0. The second kappa shape index (κ2) is 7.01. The van der Waals surface area contributed by atoms with Gasteiger partial charge in [-0.05, 0) is 37.5 Å². The van der Waals surface area contributed by atoms with E-state index >= 15 is 0 Å². The summed E-state index contributed by atoms with van der Waals surface area (Å²) in [6.07, 6.45) is 12.4. The van der Waals surface area contributed by atoms with E-state index in [2.05, 4.69) is 4.90 Å². The zero-order chi connectivity index (χ0) is 15.4. The molecular formula is C18H30N2O2. The maximum atomic E-state index is 12.4. The molecule has 22 heavy (non-hydrogen) atoms. The third-order valence-corrected chi connectivity index (χ3v) is 5.95. The first-order valence-electron chi connectivity index (χ1n) is 9.24. The van der Waals surface area contributed by atoms with Crippen molar-refractivity contribution in [1.82, 2.24) is 9.80 Å².